The van der Waals surface area contributed by atoms with Crippen molar-refractivity contribution < 1.29 is 19.4 Å². The van der Waals surface area contributed by atoms with E-state index in [1.165, 1.54) is 32.8 Å². The quantitative estimate of drug-likeness (QED) is 0.686. The summed E-state index contributed by atoms with van der Waals surface area (Å²) in [5.74, 6) is 0.453. The van der Waals surface area contributed by atoms with Crippen molar-refractivity contribution in [3.05, 3.63) is 48.0 Å². The lowest BCUT2D eigenvalue weighted by molar-refractivity contribution is 0.0565. The molecule has 144 valence electrons. The van der Waals surface area contributed by atoms with Crippen LogP contribution in [0, 0.1) is 0 Å². The number of carbonyl (C=O) groups excluding carboxylic acids is 1. The highest BCUT2D eigenvalue weighted by Crippen LogP contribution is 2.31. The molecule has 0 unspecified atom stereocenters. The zero-order chi connectivity index (χ0) is 19.1. The van der Waals surface area contributed by atoms with Crippen LogP contribution >= 0.6 is 0 Å². The van der Waals surface area contributed by atoms with Gasteiger partial charge in [0.2, 0.25) is 0 Å². The molecule has 5 heteroatoms. The number of phenolic OH excluding ortho intramolecular Hbond substituents is 1. The van der Waals surface area contributed by atoms with E-state index in [4.69, 9.17) is 9.47 Å². The second-order valence-electron chi connectivity index (χ2n) is 6.85. The third-order valence-corrected chi connectivity index (χ3v) is 4.92. The van der Waals surface area contributed by atoms with Crippen LogP contribution in [0.5, 0.6) is 11.5 Å². The van der Waals surface area contributed by atoms with Crippen LogP contribution in [0.25, 0.3) is 11.1 Å². The van der Waals surface area contributed by atoms with E-state index in [1.54, 1.807) is 24.3 Å². The van der Waals surface area contributed by atoms with Crippen LogP contribution in [-0.4, -0.2) is 37.4 Å². The maximum Gasteiger partial charge on any atom is 0.251 e. The normalized spacial score (nSPS) is 14.3. The number of rotatable bonds is 8. The number of hydrogen-bond acceptors (Lipinski definition) is 4. The number of hydrogen-bond donors (Lipinski definition) is 2. The Hall–Kier alpha value is -2.53. The number of ether oxygens (including phenoxy) is 2. The second kappa shape index (κ2) is 9.42. The Balaban J connectivity index is 1.48. The fourth-order valence-corrected chi connectivity index (χ4v) is 3.35. The first kappa shape index (κ1) is 19.2. The molecule has 0 heterocycles. The van der Waals surface area contributed by atoms with Gasteiger partial charge in [-0.25, -0.2) is 0 Å². The Labute approximate surface area is 160 Å². The summed E-state index contributed by atoms with van der Waals surface area (Å²) in [6.45, 7) is 1.31. The zero-order valence-corrected chi connectivity index (χ0v) is 15.7. The van der Waals surface area contributed by atoms with Crippen LogP contribution in [0.4, 0.5) is 0 Å². The van der Waals surface area contributed by atoms with Gasteiger partial charge in [0.05, 0.1) is 13.2 Å². The number of phenols is 1. The van der Waals surface area contributed by atoms with Gasteiger partial charge in [-0.05, 0) is 54.7 Å². The summed E-state index contributed by atoms with van der Waals surface area (Å²) in [6, 6.07) is 12.6. The van der Waals surface area contributed by atoms with Crippen molar-refractivity contribution in [1.82, 2.24) is 5.32 Å². The summed E-state index contributed by atoms with van der Waals surface area (Å²) < 4.78 is 10.9. The van der Waals surface area contributed by atoms with E-state index in [2.05, 4.69) is 5.32 Å². The molecule has 1 aliphatic rings. The third-order valence-electron chi connectivity index (χ3n) is 4.92. The maximum atomic E-state index is 12.3. The van der Waals surface area contributed by atoms with Crippen LogP contribution in [0.2, 0.25) is 0 Å². The fraction of sp³-hybridized carbons (Fsp3) is 0.409. The smallest absolute Gasteiger partial charge is 0.251 e. The molecule has 27 heavy (non-hydrogen) atoms. The summed E-state index contributed by atoms with van der Waals surface area (Å²) in [6.07, 6.45) is 6.14. The minimum Gasteiger partial charge on any atom is -0.504 e. The lowest BCUT2D eigenvalue weighted by Crippen LogP contribution is -2.25. The van der Waals surface area contributed by atoms with Crippen molar-refractivity contribution in [1.29, 1.82) is 0 Å². The average Bonchev–Trinajstić information content (AvgIpc) is 3.21. The molecule has 0 radical (unpaired) electrons. The molecule has 1 saturated carbocycles. The Bertz CT molecular complexity index is 751. The lowest BCUT2D eigenvalue weighted by atomic mass is 10.0. The van der Waals surface area contributed by atoms with Crippen molar-refractivity contribution >= 4 is 5.91 Å². The Morgan fingerprint density at radius 2 is 1.81 bits per heavy atom. The number of methoxy groups -OCH3 is 1. The van der Waals surface area contributed by atoms with E-state index in [1.807, 2.05) is 18.2 Å². The Morgan fingerprint density at radius 3 is 2.52 bits per heavy atom. The van der Waals surface area contributed by atoms with Crippen LogP contribution in [0.1, 0.15) is 42.5 Å². The molecule has 0 aliphatic heterocycles. The molecular formula is C22H27NO4. The molecular weight excluding hydrogens is 342 g/mol. The molecule has 2 aromatic rings. The van der Waals surface area contributed by atoms with Gasteiger partial charge in [-0.1, -0.05) is 31.0 Å². The number of carbonyl (C=O) groups is 1. The van der Waals surface area contributed by atoms with Gasteiger partial charge in [-0.3, -0.25) is 4.79 Å². The largest absolute Gasteiger partial charge is 0.504 e. The van der Waals surface area contributed by atoms with Gasteiger partial charge in [0.15, 0.2) is 11.5 Å². The molecule has 5 nitrogen and oxygen atoms in total. The monoisotopic (exact) mass is 369 g/mol. The summed E-state index contributed by atoms with van der Waals surface area (Å²) in [5.41, 5.74) is 2.50. The van der Waals surface area contributed by atoms with Crippen molar-refractivity contribution in [2.24, 2.45) is 0 Å². The van der Waals surface area contributed by atoms with Crippen LogP contribution in [0.3, 0.4) is 0 Å². The van der Waals surface area contributed by atoms with E-state index in [0.717, 1.165) is 17.5 Å². The van der Waals surface area contributed by atoms with Crippen molar-refractivity contribution in [3.63, 3.8) is 0 Å². The molecule has 1 fully saturated rings. The van der Waals surface area contributed by atoms with Crippen molar-refractivity contribution in [2.75, 3.05) is 20.3 Å². The molecule has 0 saturated heterocycles. The molecule has 1 amide bonds. The van der Waals surface area contributed by atoms with Gasteiger partial charge < -0.3 is 19.9 Å². The number of aromatic hydroxyl groups is 1. The predicted octanol–water partition coefficient (Wildman–Crippen LogP) is 4.15. The van der Waals surface area contributed by atoms with Gasteiger partial charge in [0.1, 0.15) is 0 Å². The summed E-state index contributed by atoms with van der Waals surface area (Å²) in [4.78, 5) is 12.3. The first-order valence-electron chi connectivity index (χ1n) is 9.54. The summed E-state index contributed by atoms with van der Waals surface area (Å²) in [7, 11) is 1.52. The first-order valence-corrected chi connectivity index (χ1v) is 9.54. The van der Waals surface area contributed by atoms with Gasteiger partial charge in [0.25, 0.3) is 5.91 Å². The zero-order valence-electron chi connectivity index (χ0n) is 15.7. The standard InChI is InChI=1S/C22H27NO4/c1-26-21-15-18(11-12-20(21)24)16-7-9-17(10-8-16)22(25)23-13-4-14-27-19-5-2-3-6-19/h7-12,15,19,24H,2-6,13-14H2,1H3,(H,23,25). The fourth-order valence-electron chi connectivity index (χ4n) is 3.35. The van der Waals surface area contributed by atoms with Crippen molar-refractivity contribution in [2.45, 2.75) is 38.2 Å². The lowest BCUT2D eigenvalue weighted by Gasteiger charge is -2.11. The van der Waals surface area contributed by atoms with Gasteiger partial charge in [-0.15, -0.1) is 0 Å². The minimum atomic E-state index is -0.0781. The van der Waals surface area contributed by atoms with E-state index in [0.29, 0.717) is 30.6 Å². The Kier molecular flexibility index (Phi) is 6.71. The maximum absolute atomic E-state index is 12.3. The van der Waals surface area contributed by atoms with Gasteiger partial charge >= 0.3 is 0 Å². The highest BCUT2D eigenvalue weighted by Gasteiger charge is 2.14. The van der Waals surface area contributed by atoms with Gasteiger partial charge in [-0.2, -0.15) is 0 Å². The molecule has 1 aliphatic carbocycles. The molecule has 2 N–H and O–H groups in total. The van der Waals surface area contributed by atoms with E-state index >= 15 is 0 Å². The molecule has 0 spiro atoms. The van der Waals surface area contributed by atoms with Crippen LogP contribution in [0.15, 0.2) is 42.5 Å². The first-order chi connectivity index (χ1) is 13.2. The van der Waals surface area contributed by atoms with E-state index in [9.17, 15) is 9.90 Å². The number of amides is 1. The van der Waals surface area contributed by atoms with Crippen LogP contribution in [-0.2, 0) is 4.74 Å². The predicted molar refractivity (Wildman–Crippen MR) is 105 cm³/mol. The SMILES string of the molecule is COc1cc(-c2ccc(C(=O)NCCCOC3CCCC3)cc2)ccc1O. The minimum absolute atomic E-state index is 0.0781. The topological polar surface area (TPSA) is 67.8 Å². The molecule has 0 aromatic heterocycles. The molecule has 0 bridgehead atoms. The average molecular weight is 369 g/mol. The van der Waals surface area contributed by atoms with Crippen molar-refractivity contribution in [3.8, 4) is 22.6 Å². The van der Waals surface area contributed by atoms with Gasteiger partial charge in [0, 0.05) is 18.7 Å². The van der Waals surface area contributed by atoms with Crippen LogP contribution < -0.4 is 10.1 Å². The molecule has 0 atom stereocenters. The number of benzene rings is 2. The van der Waals surface area contributed by atoms with E-state index < -0.39 is 0 Å². The highest BCUT2D eigenvalue weighted by molar-refractivity contribution is 5.94. The third kappa shape index (κ3) is 5.23. The van der Waals surface area contributed by atoms with E-state index in [-0.39, 0.29) is 11.7 Å². The highest BCUT2D eigenvalue weighted by atomic mass is 16.5. The second-order valence-corrected chi connectivity index (χ2v) is 6.85. The Morgan fingerprint density at radius 1 is 1.11 bits per heavy atom. The summed E-state index contributed by atoms with van der Waals surface area (Å²) in [5, 5.41) is 12.6. The molecule has 3 rings (SSSR count). The number of nitrogens with one attached hydrogen (secondary N) is 1. The summed E-state index contributed by atoms with van der Waals surface area (Å²) >= 11 is 0. The molecule has 2 aromatic carbocycles.